The van der Waals surface area contributed by atoms with Gasteiger partial charge >= 0.3 is 0 Å². The average molecular weight is 229 g/mol. The largest absolute Gasteiger partial charge is 0.379 e. The minimum absolute atomic E-state index is 0.0934. The van der Waals surface area contributed by atoms with E-state index in [1.807, 2.05) is 20.8 Å². The maximum absolute atomic E-state index is 11.3. The van der Waals surface area contributed by atoms with Crippen LogP contribution in [0, 0.1) is 0 Å². The van der Waals surface area contributed by atoms with Gasteiger partial charge in [0.2, 0.25) is 5.91 Å². The third kappa shape index (κ3) is 11.2. The predicted octanol–water partition coefficient (Wildman–Crippen LogP) is 1.51. The van der Waals surface area contributed by atoms with Crippen LogP contribution in [0.2, 0.25) is 0 Å². The first-order valence-electron chi connectivity index (χ1n) is 5.55. The third-order valence-corrected chi connectivity index (χ3v) is 1.67. The standard InChI is InChI=1S/C12H23NO3/c1-5-6-8-15-9-7-13-11(14)10-16-12(2,3)4/h5H,1,6-10H2,2-4H3,(H,13,14). The van der Waals surface area contributed by atoms with Gasteiger partial charge in [-0.1, -0.05) is 6.08 Å². The summed E-state index contributed by atoms with van der Waals surface area (Å²) in [4.78, 5) is 11.3. The van der Waals surface area contributed by atoms with Gasteiger partial charge in [0.05, 0.1) is 18.8 Å². The molecule has 0 saturated carbocycles. The fourth-order valence-corrected chi connectivity index (χ4v) is 0.864. The van der Waals surface area contributed by atoms with Crippen molar-refractivity contribution in [3.8, 4) is 0 Å². The molecular weight excluding hydrogens is 206 g/mol. The Morgan fingerprint density at radius 1 is 1.38 bits per heavy atom. The molecule has 1 amide bonds. The summed E-state index contributed by atoms with van der Waals surface area (Å²) >= 11 is 0. The van der Waals surface area contributed by atoms with E-state index in [4.69, 9.17) is 9.47 Å². The molecule has 0 unspecified atom stereocenters. The van der Waals surface area contributed by atoms with Gasteiger partial charge in [0.1, 0.15) is 6.61 Å². The number of amides is 1. The lowest BCUT2D eigenvalue weighted by molar-refractivity contribution is -0.130. The van der Waals surface area contributed by atoms with E-state index in [9.17, 15) is 4.79 Å². The van der Waals surface area contributed by atoms with Crippen LogP contribution >= 0.6 is 0 Å². The van der Waals surface area contributed by atoms with Crippen LogP contribution in [-0.2, 0) is 14.3 Å². The smallest absolute Gasteiger partial charge is 0.246 e. The molecule has 0 saturated heterocycles. The van der Waals surface area contributed by atoms with Crippen molar-refractivity contribution < 1.29 is 14.3 Å². The van der Waals surface area contributed by atoms with Crippen LogP contribution in [-0.4, -0.2) is 37.9 Å². The Bertz CT molecular complexity index is 209. The second-order valence-corrected chi connectivity index (χ2v) is 4.44. The SMILES string of the molecule is C=CCCOCCNC(=O)COC(C)(C)C. The van der Waals surface area contributed by atoms with Crippen LogP contribution in [0.15, 0.2) is 12.7 Å². The van der Waals surface area contributed by atoms with Crippen molar-refractivity contribution >= 4 is 5.91 Å². The summed E-state index contributed by atoms with van der Waals surface area (Å²) in [7, 11) is 0. The van der Waals surface area contributed by atoms with Crippen LogP contribution in [0.4, 0.5) is 0 Å². The van der Waals surface area contributed by atoms with Crippen LogP contribution in [0.3, 0.4) is 0 Å². The first-order valence-corrected chi connectivity index (χ1v) is 5.55. The van der Waals surface area contributed by atoms with Gasteiger partial charge in [-0.2, -0.15) is 0 Å². The first-order chi connectivity index (χ1) is 7.45. The van der Waals surface area contributed by atoms with E-state index in [1.54, 1.807) is 6.08 Å². The van der Waals surface area contributed by atoms with Gasteiger partial charge in [-0.3, -0.25) is 4.79 Å². The lowest BCUT2D eigenvalue weighted by Crippen LogP contribution is -2.34. The van der Waals surface area contributed by atoms with Gasteiger partial charge in [0, 0.05) is 6.54 Å². The minimum atomic E-state index is -0.280. The lowest BCUT2D eigenvalue weighted by Gasteiger charge is -2.18. The summed E-state index contributed by atoms with van der Waals surface area (Å²) in [5.41, 5.74) is -0.280. The molecule has 1 N–H and O–H groups in total. The molecule has 4 nitrogen and oxygen atoms in total. The summed E-state index contributed by atoms with van der Waals surface area (Å²) in [6, 6.07) is 0. The molecule has 0 aromatic carbocycles. The molecule has 16 heavy (non-hydrogen) atoms. The zero-order valence-corrected chi connectivity index (χ0v) is 10.5. The molecule has 4 heteroatoms. The van der Waals surface area contributed by atoms with E-state index >= 15 is 0 Å². The molecule has 0 spiro atoms. The van der Waals surface area contributed by atoms with Crippen LogP contribution in [0.25, 0.3) is 0 Å². The highest BCUT2D eigenvalue weighted by atomic mass is 16.5. The number of hydrogen-bond donors (Lipinski definition) is 1. The Hall–Kier alpha value is -0.870. The maximum Gasteiger partial charge on any atom is 0.246 e. The second-order valence-electron chi connectivity index (χ2n) is 4.44. The summed E-state index contributed by atoms with van der Waals surface area (Å²) in [5.74, 6) is -0.109. The van der Waals surface area contributed by atoms with Crippen molar-refractivity contribution in [1.82, 2.24) is 5.32 Å². The number of ether oxygens (including phenoxy) is 2. The van der Waals surface area contributed by atoms with Gasteiger partial charge in [-0.25, -0.2) is 0 Å². The van der Waals surface area contributed by atoms with Crippen molar-refractivity contribution in [3.63, 3.8) is 0 Å². The van der Waals surface area contributed by atoms with Crippen molar-refractivity contribution in [2.75, 3.05) is 26.4 Å². The third-order valence-electron chi connectivity index (χ3n) is 1.67. The highest BCUT2D eigenvalue weighted by Crippen LogP contribution is 2.05. The molecule has 94 valence electrons. The van der Waals surface area contributed by atoms with Crippen LogP contribution < -0.4 is 5.32 Å². The number of carbonyl (C=O) groups excluding carboxylic acids is 1. The normalized spacial score (nSPS) is 11.2. The predicted molar refractivity (Wildman–Crippen MR) is 64.3 cm³/mol. The molecule has 0 aliphatic carbocycles. The Morgan fingerprint density at radius 2 is 2.06 bits per heavy atom. The van der Waals surface area contributed by atoms with E-state index < -0.39 is 0 Å². The average Bonchev–Trinajstić information content (AvgIpc) is 2.19. The van der Waals surface area contributed by atoms with E-state index in [0.29, 0.717) is 19.8 Å². The molecule has 0 rings (SSSR count). The number of nitrogens with one attached hydrogen (secondary N) is 1. The van der Waals surface area contributed by atoms with E-state index in [0.717, 1.165) is 6.42 Å². The Morgan fingerprint density at radius 3 is 2.62 bits per heavy atom. The Balaban J connectivity index is 3.34. The maximum atomic E-state index is 11.3. The highest BCUT2D eigenvalue weighted by molar-refractivity contribution is 5.77. The van der Waals surface area contributed by atoms with E-state index in [2.05, 4.69) is 11.9 Å². The summed E-state index contributed by atoms with van der Waals surface area (Å²) in [6.07, 6.45) is 2.64. The molecular formula is C12H23NO3. The van der Waals surface area contributed by atoms with Crippen molar-refractivity contribution in [3.05, 3.63) is 12.7 Å². The number of hydrogen-bond acceptors (Lipinski definition) is 3. The van der Waals surface area contributed by atoms with Crippen molar-refractivity contribution in [2.24, 2.45) is 0 Å². The van der Waals surface area contributed by atoms with Gasteiger partial charge in [0.25, 0.3) is 0 Å². The monoisotopic (exact) mass is 229 g/mol. The highest BCUT2D eigenvalue weighted by Gasteiger charge is 2.12. The van der Waals surface area contributed by atoms with E-state index in [-0.39, 0.29) is 18.1 Å². The molecule has 0 aliphatic heterocycles. The summed E-state index contributed by atoms with van der Waals surface area (Å²) in [5, 5.41) is 2.72. The summed E-state index contributed by atoms with van der Waals surface area (Å²) in [6.45, 7) is 11.1. The molecule has 0 aliphatic rings. The molecule has 0 radical (unpaired) electrons. The Labute approximate surface area is 98.0 Å². The molecule has 0 bridgehead atoms. The minimum Gasteiger partial charge on any atom is -0.379 e. The quantitative estimate of drug-likeness (QED) is 0.507. The van der Waals surface area contributed by atoms with Gasteiger partial charge in [0.15, 0.2) is 0 Å². The zero-order chi connectivity index (χ0) is 12.4. The molecule has 0 aromatic heterocycles. The number of rotatable bonds is 8. The fourth-order valence-electron chi connectivity index (χ4n) is 0.864. The molecule has 0 atom stereocenters. The Kier molecular flexibility index (Phi) is 7.85. The van der Waals surface area contributed by atoms with Gasteiger partial charge < -0.3 is 14.8 Å². The van der Waals surface area contributed by atoms with Crippen LogP contribution in [0.1, 0.15) is 27.2 Å². The lowest BCUT2D eigenvalue weighted by atomic mass is 10.2. The molecule has 0 fully saturated rings. The van der Waals surface area contributed by atoms with Gasteiger partial charge in [-0.15, -0.1) is 6.58 Å². The zero-order valence-electron chi connectivity index (χ0n) is 10.5. The van der Waals surface area contributed by atoms with E-state index in [1.165, 1.54) is 0 Å². The molecule has 0 aromatic rings. The number of carbonyl (C=O) groups is 1. The van der Waals surface area contributed by atoms with Crippen molar-refractivity contribution in [2.45, 2.75) is 32.8 Å². The van der Waals surface area contributed by atoms with Gasteiger partial charge in [-0.05, 0) is 27.2 Å². The topological polar surface area (TPSA) is 47.6 Å². The van der Waals surface area contributed by atoms with Crippen LogP contribution in [0.5, 0.6) is 0 Å². The summed E-state index contributed by atoms with van der Waals surface area (Å²) < 4.78 is 10.6. The first kappa shape index (κ1) is 15.1. The fraction of sp³-hybridized carbons (Fsp3) is 0.750. The van der Waals surface area contributed by atoms with Crippen molar-refractivity contribution in [1.29, 1.82) is 0 Å². The second kappa shape index (κ2) is 8.30. The molecule has 0 heterocycles.